The van der Waals surface area contributed by atoms with Crippen LogP contribution in [0.2, 0.25) is 0 Å². The molecule has 0 radical (unpaired) electrons. The maximum Gasteiger partial charge on any atom is 0.416 e. The predicted molar refractivity (Wildman–Crippen MR) is 95.5 cm³/mol. The summed E-state index contributed by atoms with van der Waals surface area (Å²) in [5.41, 5.74) is 1.10. The smallest absolute Gasteiger partial charge is 0.292 e. The average molecular weight is 393 g/mol. The van der Waals surface area contributed by atoms with Crippen LogP contribution in [-0.4, -0.2) is 14.5 Å². The highest BCUT2D eigenvalue weighted by Gasteiger charge is 2.30. The summed E-state index contributed by atoms with van der Waals surface area (Å²) in [5, 5.41) is 4.21. The van der Waals surface area contributed by atoms with E-state index in [0.29, 0.717) is 26.5 Å². The molecule has 4 nitrogen and oxygen atoms in total. The molecule has 4 aromatic rings. The zero-order chi connectivity index (χ0) is 18.3. The number of thiazole rings is 1. The molecule has 0 aliphatic rings. The molecule has 1 aromatic carbocycles. The highest BCUT2D eigenvalue weighted by Crippen LogP contribution is 2.31. The molecule has 0 saturated carbocycles. The van der Waals surface area contributed by atoms with Crippen LogP contribution in [0.15, 0.2) is 52.2 Å². The summed E-state index contributed by atoms with van der Waals surface area (Å²) in [5.74, 6) is 0. The van der Waals surface area contributed by atoms with Crippen LogP contribution >= 0.6 is 22.7 Å². The monoisotopic (exact) mass is 393 g/mol. The van der Waals surface area contributed by atoms with Gasteiger partial charge in [-0.25, -0.2) is 9.97 Å². The summed E-state index contributed by atoms with van der Waals surface area (Å²) >= 11 is 2.66. The van der Waals surface area contributed by atoms with E-state index in [2.05, 4.69) is 9.97 Å². The molecule has 26 heavy (non-hydrogen) atoms. The lowest BCUT2D eigenvalue weighted by Crippen LogP contribution is -2.20. The molecule has 0 saturated heterocycles. The number of hydrogen-bond donors (Lipinski definition) is 0. The van der Waals surface area contributed by atoms with Gasteiger partial charge >= 0.3 is 6.18 Å². The molecule has 4 rings (SSSR count). The van der Waals surface area contributed by atoms with Gasteiger partial charge in [-0.1, -0.05) is 12.1 Å². The topological polar surface area (TPSA) is 47.8 Å². The summed E-state index contributed by atoms with van der Waals surface area (Å²) in [4.78, 5) is 21.1. The lowest BCUT2D eigenvalue weighted by atomic mass is 10.1. The maximum absolute atomic E-state index is 12.6. The number of alkyl halides is 3. The third-order valence-electron chi connectivity index (χ3n) is 3.78. The number of benzene rings is 1. The Bertz CT molecular complexity index is 1130. The standard InChI is InChI=1S/C17H10F3N3OS2/c18-17(19,20)11-3-1-10(2-4-11)15-22-12(8-26-15)7-23-9-21-13-5-6-25-14(13)16(23)24/h1-6,8-9H,7H2. The Morgan fingerprint density at radius 3 is 2.58 bits per heavy atom. The van der Waals surface area contributed by atoms with Crippen LogP contribution in [0, 0.1) is 0 Å². The second-order valence-corrected chi connectivity index (χ2v) is 7.31. The summed E-state index contributed by atoms with van der Waals surface area (Å²) in [6, 6.07) is 6.66. The van der Waals surface area contributed by atoms with Crippen LogP contribution in [0.3, 0.4) is 0 Å². The summed E-state index contributed by atoms with van der Waals surface area (Å²) in [6.45, 7) is 0.261. The first kappa shape index (κ1) is 16.9. The van der Waals surface area contributed by atoms with Crippen molar-refractivity contribution in [2.75, 3.05) is 0 Å². The minimum atomic E-state index is -4.36. The molecular formula is C17H10F3N3OS2. The normalized spacial score (nSPS) is 12.0. The van der Waals surface area contributed by atoms with E-state index in [4.69, 9.17) is 0 Å². The average Bonchev–Trinajstić information content (AvgIpc) is 3.26. The molecule has 0 atom stereocenters. The lowest BCUT2D eigenvalue weighted by Gasteiger charge is -2.06. The predicted octanol–water partition coefficient (Wildman–Crippen LogP) is 4.65. The first-order valence-electron chi connectivity index (χ1n) is 7.46. The number of rotatable bonds is 3. The molecule has 132 valence electrons. The zero-order valence-corrected chi connectivity index (χ0v) is 14.7. The molecule has 0 aliphatic carbocycles. The molecule has 9 heteroatoms. The van der Waals surface area contributed by atoms with E-state index in [1.54, 1.807) is 11.4 Å². The summed E-state index contributed by atoms with van der Waals surface area (Å²) < 4.78 is 40.0. The van der Waals surface area contributed by atoms with Crippen molar-refractivity contribution in [3.05, 3.63) is 69.0 Å². The first-order chi connectivity index (χ1) is 12.4. The zero-order valence-electron chi connectivity index (χ0n) is 13.0. The van der Waals surface area contributed by atoms with Gasteiger partial charge in [0.05, 0.1) is 29.6 Å². The van der Waals surface area contributed by atoms with Crippen LogP contribution in [0.25, 0.3) is 20.8 Å². The fourth-order valence-electron chi connectivity index (χ4n) is 2.48. The number of fused-ring (bicyclic) bond motifs is 1. The molecule has 0 amide bonds. The van der Waals surface area contributed by atoms with Crippen LogP contribution < -0.4 is 5.56 Å². The van der Waals surface area contributed by atoms with Crippen molar-refractivity contribution in [1.29, 1.82) is 0 Å². The number of nitrogens with zero attached hydrogens (tertiary/aromatic N) is 3. The number of hydrogen-bond acceptors (Lipinski definition) is 5. The highest BCUT2D eigenvalue weighted by atomic mass is 32.1. The third kappa shape index (κ3) is 3.15. The van der Waals surface area contributed by atoms with E-state index in [9.17, 15) is 18.0 Å². The van der Waals surface area contributed by atoms with Gasteiger partial charge in [0.1, 0.15) is 9.71 Å². The van der Waals surface area contributed by atoms with E-state index < -0.39 is 11.7 Å². The molecule has 0 fully saturated rings. The Balaban J connectivity index is 1.59. The molecule has 3 aromatic heterocycles. The van der Waals surface area contributed by atoms with E-state index in [-0.39, 0.29) is 12.1 Å². The Hall–Kier alpha value is -2.52. The Morgan fingerprint density at radius 2 is 1.85 bits per heavy atom. The second kappa shape index (κ2) is 6.33. The first-order valence-corrected chi connectivity index (χ1v) is 9.22. The molecule has 3 heterocycles. The molecule has 0 N–H and O–H groups in total. The minimum Gasteiger partial charge on any atom is -0.292 e. The van der Waals surface area contributed by atoms with Crippen LogP contribution in [-0.2, 0) is 12.7 Å². The van der Waals surface area contributed by atoms with Crippen LogP contribution in [0.4, 0.5) is 13.2 Å². The van der Waals surface area contributed by atoms with Gasteiger partial charge in [0, 0.05) is 10.9 Å². The van der Waals surface area contributed by atoms with E-state index in [0.717, 1.165) is 12.1 Å². The number of aromatic nitrogens is 3. The second-order valence-electron chi connectivity index (χ2n) is 5.53. The van der Waals surface area contributed by atoms with Gasteiger partial charge in [0.25, 0.3) is 5.56 Å². The molecule has 0 spiro atoms. The Morgan fingerprint density at radius 1 is 1.08 bits per heavy atom. The highest BCUT2D eigenvalue weighted by molar-refractivity contribution is 7.17. The van der Waals surface area contributed by atoms with E-state index >= 15 is 0 Å². The number of thiophene rings is 1. The van der Waals surface area contributed by atoms with Crippen molar-refractivity contribution in [1.82, 2.24) is 14.5 Å². The van der Waals surface area contributed by atoms with Gasteiger partial charge in [0.15, 0.2) is 0 Å². The summed E-state index contributed by atoms with van der Waals surface area (Å²) in [6.07, 6.45) is -2.88. The molecule has 0 bridgehead atoms. The molecule has 0 aliphatic heterocycles. The molecule has 0 unspecified atom stereocenters. The quantitative estimate of drug-likeness (QED) is 0.509. The maximum atomic E-state index is 12.6. The van der Waals surface area contributed by atoms with Gasteiger partial charge in [-0.15, -0.1) is 22.7 Å². The minimum absolute atomic E-state index is 0.130. The fourth-order valence-corrected chi connectivity index (χ4v) is 4.09. The lowest BCUT2D eigenvalue weighted by molar-refractivity contribution is -0.137. The van der Waals surface area contributed by atoms with Gasteiger partial charge in [-0.05, 0) is 23.6 Å². The Kier molecular flexibility index (Phi) is 4.12. The van der Waals surface area contributed by atoms with Crippen LogP contribution in [0.1, 0.15) is 11.3 Å². The van der Waals surface area contributed by atoms with Crippen molar-refractivity contribution < 1.29 is 13.2 Å². The van der Waals surface area contributed by atoms with Crippen molar-refractivity contribution >= 4 is 32.9 Å². The van der Waals surface area contributed by atoms with Crippen molar-refractivity contribution in [2.24, 2.45) is 0 Å². The third-order valence-corrected chi connectivity index (χ3v) is 5.61. The van der Waals surface area contributed by atoms with Crippen LogP contribution in [0.5, 0.6) is 0 Å². The van der Waals surface area contributed by atoms with E-state index in [1.165, 1.54) is 45.7 Å². The largest absolute Gasteiger partial charge is 0.416 e. The van der Waals surface area contributed by atoms with E-state index in [1.807, 2.05) is 5.38 Å². The fraction of sp³-hybridized carbons (Fsp3) is 0.118. The van der Waals surface area contributed by atoms with Crippen molar-refractivity contribution in [3.8, 4) is 10.6 Å². The Labute approximate surface area is 153 Å². The van der Waals surface area contributed by atoms with Gasteiger partial charge in [-0.2, -0.15) is 13.2 Å². The van der Waals surface area contributed by atoms with Gasteiger partial charge in [-0.3, -0.25) is 9.36 Å². The van der Waals surface area contributed by atoms with Crippen molar-refractivity contribution in [3.63, 3.8) is 0 Å². The molecular weight excluding hydrogens is 383 g/mol. The van der Waals surface area contributed by atoms with Gasteiger partial charge in [0.2, 0.25) is 0 Å². The van der Waals surface area contributed by atoms with Gasteiger partial charge < -0.3 is 0 Å². The van der Waals surface area contributed by atoms with Crippen molar-refractivity contribution in [2.45, 2.75) is 12.7 Å². The summed E-state index contributed by atoms with van der Waals surface area (Å²) in [7, 11) is 0. The SMILES string of the molecule is O=c1c2sccc2ncn1Cc1csc(-c2ccc(C(F)(F)F)cc2)n1. The number of halogens is 3.